The van der Waals surface area contributed by atoms with Crippen molar-refractivity contribution in [3.05, 3.63) is 215 Å². The first kappa shape index (κ1) is 36.4. The van der Waals surface area contributed by atoms with Crippen LogP contribution in [0.1, 0.15) is 57.8 Å². The molecule has 0 bridgehead atoms. The Balaban J connectivity index is 0.000000194. The molecule has 6 aromatic rings. The zero-order valence-corrected chi connectivity index (χ0v) is 28.0. The minimum Gasteiger partial charge on any atom is -0.385 e. The van der Waals surface area contributed by atoms with Gasteiger partial charge in [-0.2, -0.15) is 0 Å². The van der Waals surface area contributed by atoms with Crippen molar-refractivity contribution in [2.24, 2.45) is 0 Å². The summed E-state index contributed by atoms with van der Waals surface area (Å²) in [4.78, 5) is 0. The van der Waals surface area contributed by atoms with Crippen LogP contribution in [0, 0.1) is 0 Å². The normalized spacial score (nSPS) is 13.3. The van der Waals surface area contributed by atoms with Gasteiger partial charge in [-0.05, 0) is 33.4 Å². The Kier molecular flexibility index (Phi) is 15.0. The summed E-state index contributed by atoms with van der Waals surface area (Å²) in [5.41, 5.74) is 5.65. The molecule has 0 aliphatic carbocycles. The van der Waals surface area contributed by atoms with E-state index in [1.165, 1.54) is 0 Å². The molecule has 0 saturated carbocycles. The molecule has 0 saturated heterocycles. The van der Waals surface area contributed by atoms with Crippen molar-refractivity contribution in [3.8, 4) is 0 Å². The SMILES string of the molecule is O[C@@H](c1ccccc1)[C@@H](OCOCc1ccccc1)c1ccccc1.O[C@H](c1ccccc1)[C@@H](OCOCc1ccccc1)c1ccccc1. The molecule has 6 aromatic carbocycles. The van der Waals surface area contributed by atoms with Gasteiger partial charge in [-0.25, -0.2) is 0 Å². The van der Waals surface area contributed by atoms with Crippen molar-refractivity contribution in [1.29, 1.82) is 0 Å². The molecule has 0 aromatic heterocycles. The van der Waals surface area contributed by atoms with Crippen LogP contribution in [0.2, 0.25) is 0 Å². The predicted molar refractivity (Wildman–Crippen MR) is 196 cm³/mol. The molecule has 50 heavy (non-hydrogen) atoms. The van der Waals surface area contributed by atoms with E-state index in [1.807, 2.05) is 182 Å². The maximum atomic E-state index is 10.8. The van der Waals surface area contributed by atoms with Gasteiger partial charge in [0.05, 0.1) is 13.2 Å². The van der Waals surface area contributed by atoms with Crippen LogP contribution in [0.3, 0.4) is 0 Å². The molecule has 6 rings (SSSR count). The summed E-state index contributed by atoms with van der Waals surface area (Å²) in [5, 5.41) is 21.5. The monoisotopic (exact) mass is 668 g/mol. The molecule has 0 radical (unpaired) electrons. The van der Waals surface area contributed by atoms with Crippen molar-refractivity contribution in [1.82, 2.24) is 0 Å². The van der Waals surface area contributed by atoms with Crippen molar-refractivity contribution in [2.75, 3.05) is 13.6 Å². The topological polar surface area (TPSA) is 77.4 Å². The van der Waals surface area contributed by atoms with E-state index >= 15 is 0 Å². The lowest BCUT2D eigenvalue weighted by Gasteiger charge is -2.24. The fourth-order valence-corrected chi connectivity index (χ4v) is 5.39. The Bertz CT molecular complexity index is 1590. The highest BCUT2D eigenvalue weighted by Crippen LogP contribution is 2.33. The molecule has 0 unspecified atom stereocenters. The molecule has 6 nitrogen and oxygen atoms in total. The highest BCUT2D eigenvalue weighted by molar-refractivity contribution is 5.26. The summed E-state index contributed by atoms with van der Waals surface area (Å²) in [6.45, 7) is 1.17. The van der Waals surface area contributed by atoms with Gasteiger partial charge >= 0.3 is 0 Å². The van der Waals surface area contributed by atoms with Crippen LogP contribution in [-0.4, -0.2) is 23.8 Å². The van der Waals surface area contributed by atoms with Crippen molar-refractivity contribution >= 4 is 0 Å². The quantitative estimate of drug-likeness (QED) is 0.0791. The van der Waals surface area contributed by atoms with Crippen molar-refractivity contribution in [3.63, 3.8) is 0 Å². The molecule has 6 heteroatoms. The summed E-state index contributed by atoms with van der Waals surface area (Å²) in [5.74, 6) is 0. The molecular formula is C44H44O6. The maximum absolute atomic E-state index is 10.8. The molecule has 4 atom stereocenters. The van der Waals surface area contributed by atoms with Gasteiger partial charge < -0.3 is 29.2 Å². The molecule has 256 valence electrons. The first-order valence-electron chi connectivity index (χ1n) is 16.7. The van der Waals surface area contributed by atoms with Gasteiger partial charge in [0, 0.05) is 0 Å². The molecule has 0 aliphatic heterocycles. The van der Waals surface area contributed by atoms with Crippen LogP contribution >= 0.6 is 0 Å². The van der Waals surface area contributed by atoms with Gasteiger partial charge in [0.1, 0.15) is 38.0 Å². The van der Waals surface area contributed by atoms with Crippen LogP contribution in [0.5, 0.6) is 0 Å². The van der Waals surface area contributed by atoms with Crippen molar-refractivity contribution in [2.45, 2.75) is 37.6 Å². The van der Waals surface area contributed by atoms with Crippen LogP contribution in [-0.2, 0) is 32.2 Å². The second-order valence-corrected chi connectivity index (χ2v) is 11.6. The summed E-state index contributed by atoms with van der Waals surface area (Å²) < 4.78 is 23.0. The molecule has 0 heterocycles. The Labute approximate surface area is 295 Å². The fraction of sp³-hybridized carbons (Fsp3) is 0.182. The van der Waals surface area contributed by atoms with Crippen LogP contribution < -0.4 is 0 Å². The molecule has 0 spiro atoms. The van der Waals surface area contributed by atoms with Gasteiger partial charge in [-0.3, -0.25) is 0 Å². The highest BCUT2D eigenvalue weighted by Gasteiger charge is 2.24. The number of hydrogen-bond donors (Lipinski definition) is 2. The van der Waals surface area contributed by atoms with E-state index in [0.29, 0.717) is 13.2 Å². The van der Waals surface area contributed by atoms with E-state index in [2.05, 4.69) is 0 Å². The summed E-state index contributed by atoms with van der Waals surface area (Å²) >= 11 is 0. The van der Waals surface area contributed by atoms with E-state index in [-0.39, 0.29) is 13.6 Å². The lowest BCUT2D eigenvalue weighted by molar-refractivity contribution is -0.132. The van der Waals surface area contributed by atoms with Gasteiger partial charge in [0.25, 0.3) is 0 Å². The van der Waals surface area contributed by atoms with Crippen molar-refractivity contribution < 1.29 is 29.2 Å². The lowest BCUT2D eigenvalue weighted by Crippen LogP contribution is -2.16. The third-order valence-corrected chi connectivity index (χ3v) is 8.00. The van der Waals surface area contributed by atoms with E-state index in [9.17, 15) is 10.2 Å². The minimum absolute atomic E-state index is 0.109. The maximum Gasteiger partial charge on any atom is 0.148 e. The van der Waals surface area contributed by atoms with Gasteiger partial charge in [0.15, 0.2) is 0 Å². The van der Waals surface area contributed by atoms with Gasteiger partial charge in [-0.15, -0.1) is 0 Å². The Morgan fingerprint density at radius 2 is 0.600 bits per heavy atom. The zero-order chi connectivity index (χ0) is 34.6. The number of benzene rings is 6. The first-order chi connectivity index (χ1) is 24.7. The summed E-state index contributed by atoms with van der Waals surface area (Å²) in [7, 11) is 0. The number of aliphatic hydroxyl groups excluding tert-OH is 2. The van der Waals surface area contributed by atoms with Crippen LogP contribution in [0.25, 0.3) is 0 Å². The predicted octanol–water partition coefficient (Wildman–Crippen LogP) is 9.30. The third-order valence-electron chi connectivity index (χ3n) is 8.00. The van der Waals surface area contributed by atoms with E-state index in [4.69, 9.17) is 18.9 Å². The highest BCUT2D eigenvalue weighted by atomic mass is 16.7. The average Bonchev–Trinajstić information content (AvgIpc) is 3.20. The molecule has 0 amide bonds. The second kappa shape index (κ2) is 20.6. The molecule has 0 fully saturated rings. The zero-order valence-electron chi connectivity index (χ0n) is 28.0. The standard InChI is InChI=1S/2C22H22O3/c2*23-21(19-12-6-2-7-13-19)22(20-14-8-3-9-15-20)25-17-24-16-18-10-4-1-5-11-18/h2*1-15,21-23H,16-17H2/t21-,22+;21-,22-/m10/s1. The number of rotatable bonds is 16. The smallest absolute Gasteiger partial charge is 0.148 e. The number of ether oxygens (including phenoxy) is 4. The number of hydrogen-bond acceptors (Lipinski definition) is 6. The number of aliphatic hydroxyl groups is 2. The minimum atomic E-state index is -0.760. The van der Waals surface area contributed by atoms with E-state index < -0.39 is 24.4 Å². The Hall–Kier alpha value is -4.92. The van der Waals surface area contributed by atoms with Crippen LogP contribution in [0.15, 0.2) is 182 Å². The Morgan fingerprint density at radius 1 is 0.340 bits per heavy atom. The average molecular weight is 669 g/mol. The lowest BCUT2D eigenvalue weighted by atomic mass is 9.98. The summed E-state index contributed by atoms with van der Waals surface area (Å²) in [6, 6.07) is 58.4. The van der Waals surface area contributed by atoms with Gasteiger partial charge in [0.2, 0.25) is 0 Å². The fourth-order valence-electron chi connectivity index (χ4n) is 5.39. The molecule has 2 N–H and O–H groups in total. The van der Waals surface area contributed by atoms with E-state index in [0.717, 1.165) is 33.4 Å². The van der Waals surface area contributed by atoms with Crippen LogP contribution in [0.4, 0.5) is 0 Å². The van der Waals surface area contributed by atoms with Gasteiger partial charge in [-0.1, -0.05) is 182 Å². The second-order valence-electron chi connectivity index (χ2n) is 11.6. The Morgan fingerprint density at radius 3 is 0.900 bits per heavy atom. The first-order valence-corrected chi connectivity index (χ1v) is 16.7. The van der Waals surface area contributed by atoms with E-state index in [1.54, 1.807) is 0 Å². The molecular weight excluding hydrogens is 624 g/mol. The molecule has 0 aliphatic rings. The third kappa shape index (κ3) is 11.6. The summed E-state index contributed by atoms with van der Waals surface area (Å²) in [6.07, 6.45) is -2.49. The largest absolute Gasteiger partial charge is 0.385 e.